The van der Waals surface area contributed by atoms with Crippen molar-refractivity contribution in [2.45, 2.75) is 39.8 Å². The molecule has 1 aromatic carbocycles. The monoisotopic (exact) mass is 480 g/mol. The van der Waals surface area contributed by atoms with Gasteiger partial charge in [-0.25, -0.2) is 15.0 Å². The molecule has 3 heterocycles. The Hall–Kier alpha value is -2.62. The average Bonchev–Trinajstić information content (AvgIpc) is 3.53. The molecule has 5 rings (SSSR count). The Balaban J connectivity index is 1.52. The van der Waals surface area contributed by atoms with E-state index in [-0.39, 0.29) is 12.6 Å². The predicted molar refractivity (Wildman–Crippen MR) is 136 cm³/mol. The third kappa shape index (κ3) is 4.45. The number of thiazole rings is 2. The van der Waals surface area contributed by atoms with Gasteiger partial charge >= 0.3 is 0 Å². The molecule has 0 spiro atoms. The summed E-state index contributed by atoms with van der Waals surface area (Å²) in [4.78, 5) is 18.9. The smallest absolute Gasteiger partial charge is 0.225 e. The number of benzene rings is 1. The zero-order valence-electron chi connectivity index (χ0n) is 18.9. The second-order valence-corrected chi connectivity index (χ2v) is 10.8. The Bertz CT molecular complexity index is 1210. The topological polar surface area (TPSA) is 95.9 Å². The lowest BCUT2D eigenvalue weighted by Gasteiger charge is -2.22. The minimum atomic E-state index is 0.220. The molecule has 1 aliphatic carbocycles. The summed E-state index contributed by atoms with van der Waals surface area (Å²) in [5.41, 5.74) is 2.81. The van der Waals surface area contributed by atoms with Crippen molar-refractivity contribution >= 4 is 44.7 Å². The highest BCUT2D eigenvalue weighted by molar-refractivity contribution is 7.21. The minimum absolute atomic E-state index is 0.220. The van der Waals surface area contributed by atoms with Crippen LogP contribution in [-0.4, -0.2) is 37.7 Å². The first kappa shape index (κ1) is 22.2. The van der Waals surface area contributed by atoms with Crippen molar-refractivity contribution in [3.05, 3.63) is 46.5 Å². The van der Waals surface area contributed by atoms with Crippen LogP contribution in [0.15, 0.2) is 35.8 Å². The van der Waals surface area contributed by atoms with Gasteiger partial charge in [-0.05, 0) is 43.2 Å². The van der Waals surface area contributed by atoms with E-state index in [1.807, 2.05) is 30.5 Å². The number of anilines is 2. The number of nitrogens with zero attached hydrogens (tertiary/aromatic N) is 4. The molecule has 3 N–H and O–H groups in total. The van der Waals surface area contributed by atoms with Gasteiger partial charge in [0.25, 0.3) is 0 Å². The van der Waals surface area contributed by atoms with Gasteiger partial charge in [0.1, 0.15) is 15.8 Å². The summed E-state index contributed by atoms with van der Waals surface area (Å²) < 4.78 is 1.15. The largest absolute Gasteiger partial charge is 0.396 e. The Labute approximate surface area is 201 Å². The van der Waals surface area contributed by atoms with E-state index in [0.29, 0.717) is 30.2 Å². The number of aliphatic hydroxyl groups is 1. The molecule has 4 aromatic rings. The summed E-state index contributed by atoms with van der Waals surface area (Å²) in [6, 6.07) is 8.41. The van der Waals surface area contributed by atoms with Crippen LogP contribution in [0.4, 0.5) is 11.8 Å². The van der Waals surface area contributed by atoms with E-state index < -0.39 is 0 Å². The van der Waals surface area contributed by atoms with Gasteiger partial charge in [-0.2, -0.15) is 4.98 Å². The van der Waals surface area contributed by atoms with Gasteiger partial charge in [0.05, 0.1) is 28.0 Å². The molecule has 1 aliphatic rings. The molecule has 0 bridgehead atoms. The summed E-state index contributed by atoms with van der Waals surface area (Å²) in [6.45, 7) is 7.30. The number of aryl methyl sites for hydroxylation is 1. The molecule has 0 aliphatic heterocycles. The predicted octanol–water partition coefficient (Wildman–Crippen LogP) is 5.20. The van der Waals surface area contributed by atoms with Gasteiger partial charge in [0.2, 0.25) is 5.95 Å². The van der Waals surface area contributed by atoms with Crippen molar-refractivity contribution < 1.29 is 5.11 Å². The average molecular weight is 481 g/mol. The molecule has 0 amide bonds. The Kier molecular flexibility index (Phi) is 6.27. The van der Waals surface area contributed by atoms with E-state index >= 15 is 0 Å². The van der Waals surface area contributed by atoms with E-state index in [4.69, 9.17) is 15.0 Å². The molecule has 3 aromatic heterocycles. The first-order valence-electron chi connectivity index (χ1n) is 11.3. The highest BCUT2D eigenvalue weighted by atomic mass is 32.1. The van der Waals surface area contributed by atoms with Gasteiger partial charge in [-0.1, -0.05) is 26.0 Å². The number of aromatic nitrogens is 4. The first-order valence-corrected chi connectivity index (χ1v) is 13.0. The maximum absolute atomic E-state index is 9.82. The van der Waals surface area contributed by atoms with Gasteiger partial charge < -0.3 is 15.7 Å². The number of para-hydroxylation sites is 1. The highest BCUT2D eigenvalue weighted by Crippen LogP contribution is 2.41. The molecular weight excluding hydrogens is 452 g/mol. The number of nitrogens with one attached hydrogen (secondary N) is 2. The van der Waals surface area contributed by atoms with Crippen molar-refractivity contribution in [2.75, 3.05) is 17.2 Å². The van der Waals surface area contributed by atoms with Crippen LogP contribution in [0.2, 0.25) is 0 Å². The number of aliphatic hydroxyl groups excluding tert-OH is 1. The van der Waals surface area contributed by atoms with Crippen molar-refractivity contribution in [1.29, 1.82) is 0 Å². The molecule has 1 saturated carbocycles. The van der Waals surface area contributed by atoms with E-state index in [1.165, 1.54) is 0 Å². The molecule has 4 atom stereocenters. The standard InChI is InChI=1S/C24H28N6OS2/c1-13-14(2)18(10-16(13)12-31)28-22-21(23-29-17-6-4-5-7-19(17)33-23)15(3)27-24(30-22)26-11-20-25-8-9-32-20/h4-9,13-14,16,18,31H,10-12H2,1-3H3,(H2,26,27,28,30). The zero-order valence-corrected chi connectivity index (χ0v) is 20.6. The molecular formula is C24H28N6OS2. The zero-order chi connectivity index (χ0) is 22.9. The SMILES string of the molecule is Cc1nc(NCc2nccs2)nc(NC2CC(CO)C(C)C2C)c1-c1nc2ccccc2s1. The minimum Gasteiger partial charge on any atom is -0.396 e. The van der Waals surface area contributed by atoms with Crippen LogP contribution in [0, 0.1) is 24.7 Å². The summed E-state index contributed by atoms with van der Waals surface area (Å²) in [7, 11) is 0. The molecule has 1 fully saturated rings. The highest BCUT2D eigenvalue weighted by Gasteiger charge is 2.38. The second-order valence-electron chi connectivity index (χ2n) is 8.77. The molecule has 0 radical (unpaired) electrons. The number of rotatable bonds is 7. The quantitative estimate of drug-likeness (QED) is 0.335. The molecule has 172 valence electrons. The first-order chi connectivity index (χ1) is 16.0. The molecule has 9 heteroatoms. The van der Waals surface area contributed by atoms with E-state index in [2.05, 4.69) is 35.5 Å². The summed E-state index contributed by atoms with van der Waals surface area (Å²) in [5.74, 6) is 2.54. The third-order valence-corrected chi connectivity index (χ3v) is 8.63. The van der Waals surface area contributed by atoms with Crippen LogP contribution in [0.25, 0.3) is 20.8 Å². The van der Waals surface area contributed by atoms with Crippen molar-refractivity contribution in [3.8, 4) is 10.6 Å². The third-order valence-electron chi connectivity index (χ3n) is 6.80. The van der Waals surface area contributed by atoms with E-state index in [9.17, 15) is 5.11 Å². The van der Waals surface area contributed by atoms with Gasteiger partial charge in [0, 0.05) is 24.2 Å². The van der Waals surface area contributed by atoms with E-state index in [0.717, 1.165) is 43.7 Å². The van der Waals surface area contributed by atoms with Crippen LogP contribution in [-0.2, 0) is 6.54 Å². The van der Waals surface area contributed by atoms with E-state index in [1.54, 1.807) is 28.9 Å². The lowest BCUT2D eigenvalue weighted by atomic mass is 9.92. The molecule has 7 nitrogen and oxygen atoms in total. The van der Waals surface area contributed by atoms with Crippen LogP contribution < -0.4 is 10.6 Å². The van der Waals surface area contributed by atoms with Gasteiger partial charge in [0.15, 0.2) is 0 Å². The Morgan fingerprint density at radius 2 is 1.97 bits per heavy atom. The maximum atomic E-state index is 9.82. The lowest BCUT2D eigenvalue weighted by Crippen LogP contribution is -2.25. The van der Waals surface area contributed by atoms with Crippen LogP contribution >= 0.6 is 22.7 Å². The van der Waals surface area contributed by atoms with Gasteiger partial charge in [-0.15, -0.1) is 22.7 Å². The fourth-order valence-corrected chi connectivity index (χ4v) is 6.26. The second kappa shape index (κ2) is 9.32. The van der Waals surface area contributed by atoms with Crippen LogP contribution in [0.3, 0.4) is 0 Å². The summed E-state index contributed by atoms with van der Waals surface area (Å²) in [5, 5.41) is 20.7. The normalized spacial score (nSPS) is 22.7. The Morgan fingerprint density at radius 3 is 2.70 bits per heavy atom. The number of hydrogen-bond donors (Lipinski definition) is 3. The molecule has 33 heavy (non-hydrogen) atoms. The number of hydrogen-bond acceptors (Lipinski definition) is 9. The molecule has 4 unspecified atom stereocenters. The van der Waals surface area contributed by atoms with Crippen LogP contribution in [0.1, 0.15) is 31.0 Å². The molecule has 0 saturated heterocycles. The lowest BCUT2D eigenvalue weighted by molar-refractivity contribution is 0.191. The number of fused-ring (bicyclic) bond motifs is 1. The van der Waals surface area contributed by atoms with Crippen molar-refractivity contribution in [2.24, 2.45) is 17.8 Å². The fourth-order valence-electron chi connectivity index (χ4n) is 4.64. The maximum Gasteiger partial charge on any atom is 0.225 e. The van der Waals surface area contributed by atoms with Crippen molar-refractivity contribution in [3.63, 3.8) is 0 Å². The van der Waals surface area contributed by atoms with Crippen LogP contribution in [0.5, 0.6) is 0 Å². The Morgan fingerprint density at radius 1 is 1.12 bits per heavy atom. The summed E-state index contributed by atoms with van der Waals surface area (Å²) in [6.07, 6.45) is 2.72. The summed E-state index contributed by atoms with van der Waals surface area (Å²) >= 11 is 3.27. The fraction of sp³-hybridized carbons (Fsp3) is 0.417. The van der Waals surface area contributed by atoms with Crippen molar-refractivity contribution in [1.82, 2.24) is 19.9 Å². The van der Waals surface area contributed by atoms with Gasteiger partial charge in [-0.3, -0.25) is 0 Å².